The van der Waals surface area contributed by atoms with Gasteiger partial charge in [0.1, 0.15) is 0 Å². The summed E-state index contributed by atoms with van der Waals surface area (Å²) in [5, 5.41) is 3.98. The summed E-state index contributed by atoms with van der Waals surface area (Å²) in [5.74, 6) is 0. The molecule has 0 unspecified atom stereocenters. The molecular formula is C12H12ClNS. The van der Waals surface area contributed by atoms with E-state index >= 15 is 0 Å². The van der Waals surface area contributed by atoms with E-state index in [4.69, 9.17) is 11.6 Å². The van der Waals surface area contributed by atoms with E-state index in [0.717, 1.165) is 27.7 Å². The van der Waals surface area contributed by atoms with Gasteiger partial charge in [0.25, 0.3) is 0 Å². The highest BCUT2D eigenvalue weighted by Gasteiger charge is 2.04. The monoisotopic (exact) mass is 237 g/mol. The number of rotatable bonds is 2. The number of aromatic nitrogens is 1. The maximum atomic E-state index is 6.16. The van der Waals surface area contributed by atoms with Gasteiger partial charge in [0.05, 0.1) is 10.7 Å². The summed E-state index contributed by atoms with van der Waals surface area (Å²) in [6.07, 6.45) is 0.967. The fourth-order valence-corrected chi connectivity index (χ4v) is 2.43. The van der Waals surface area contributed by atoms with Crippen molar-refractivity contribution in [3.05, 3.63) is 39.2 Å². The van der Waals surface area contributed by atoms with Gasteiger partial charge in [0, 0.05) is 16.0 Å². The van der Waals surface area contributed by atoms with Crippen molar-refractivity contribution in [1.82, 2.24) is 4.98 Å². The van der Waals surface area contributed by atoms with Crippen molar-refractivity contribution >= 4 is 22.9 Å². The van der Waals surface area contributed by atoms with Crippen LogP contribution in [0, 0.1) is 6.92 Å². The van der Waals surface area contributed by atoms with Gasteiger partial charge in [-0.05, 0) is 25.0 Å². The second-order valence-corrected chi connectivity index (χ2v) is 4.88. The Morgan fingerprint density at radius 2 is 2.20 bits per heavy atom. The van der Waals surface area contributed by atoms with Crippen LogP contribution in [0.2, 0.25) is 5.02 Å². The molecule has 0 N–H and O–H groups in total. The quantitative estimate of drug-likeness (QED) is 0.758. The summed E-state index contributed by atoms with van der Waals surface area (Å²) in [6.45, 7) is 4.12. The van der Waals surface area contributed by atoms with E-state index in [1.807, 2.05) is 13.0 Å². The number of benzene rings is 1. The number of nitrogens with zero attached hydrogens (tertiary/aromatic N) is 1. The molecule has 0 saturated heterocycles. The SMILES string of the molecule is CCc1ccc(-c2csc(C)n2)cc1Cl. The van der Waals surface area contributed by atoms with Gasteiger partial charge in [0.2, 0.25) is 0 Å². The van der Waals surface area contributed by atoms with E-state index in [1.165, 1.54) is 5.56 Å². The minimum atomic E-state index is 0.834. The smallest absolute Gasteiger partial charge is 0.0901 e. The summed E-state index contributed by atoms with van der Waals surface area (Å²) in [4.78, 5) is 4.44. The first-order valence-electron chi connectivity index (χ1n) is 4.91. The lowest BCUT2D eigenvalue weighted by molar-refractivity contribution is 1.14. The first-order valence-corrected chi connectivity index (χ1v) is 6.17. The molecule has 0 radical (unpaired) electrons. The predicted octanol–water partition coefficient (Wildman–Crippen LogP) is 4.33. The predicted molar refractivity (Wildman–Crippen MR) is 66.7 cm³/mol. The molecule has 2 aromatic rings. The molecule has 0 atom stereocenters. The van der Waals surface area contributed by atoms with Crippen molar-refractivity contribution in [1.29, 1.82) is 0 Å². The fourth-order valence-electron chi connectivity index (χ4n) is 1.49. The lowest BCUT2D eigenvalue weighted by atomic mass is 10.1. The number of halogens is 1. The normalized spacial score (nSPS) is 10.6. The molecule has 15 heavy (non-hydrogen) atoms. The van der Waals surface area contributed by atoms with Gasteiger partial charge in [-0.3, -0.25) is 0 Å². The first-order chi connectivity index (χ1) is 7.20. The van der Waals surface area contributed by atoms with E-state index < -0.39 is 0 Å². The largest absolute Gasteiger partial charge is 0.242 e. The molecule has 1 aromatic heterocycles. The minimum Gasteiger partial charge on any atom is -0.242 e. The van der Waals surface area contributed by atoms with E-state index in [1.54, 1.807) is 11.3 Å². The van der Waals surface area contributed by atoms with Crippen molar-refractivity contribution < 1.29 is 0 Å². The average molecular weight is 238 g/mol. The van der Waals surface area contributed by atoms with E-state index in [0.29, 0.717) is 0 Å². The van der Waals surface area contributed by atoms with Crippen LogP contribution in [0.1, 0.15) is 17.5 Å². The third-order valence-corrected chi connectivity index (χ3v) is 3.47. The summed E-state index contributed by atoms with van der Waals surface area (Å²) in [5.41, 5.74) is 3.30. The van der Waals surface area contributed by atoms with Crippen LogP contribution in [-0.4, -0.2) is 4.98 Å². The van der Waals surface area contributed by atoms with Crippen molar-refractivity contribution in [2.45, 2.75) is 20.3 Å². The van der Waals surface area contributed by atoms with Crippen LogP contribution in [-0.2, 0) is 6.42 Å². The lowest BCUT2D eigenvalue weighted by Gasteiger charge is -2.02. The summed E-state index contributed by atoms with van der Waals surface area (Å²) < 4.78 is 0. The van der Waals surface area contributed by atoms with E-state index in [9.17, 15) is 0 Å². The van der Waals surface area contributed by atoms with Crippen molar-refractivity contribution in [2.24, 2.45) is 0 Å². The molecule has 2 rings (SSSR count). The Kier molecular flexibility index (Phi) is 3.08. The molecule has 1 nitrogen and oxygen atoms in total. The summed E-state index contributed by atoms with van der Waals surface area (Å²) >= 11 is 7.82. The number of aryl methyl sites for hydroxylation is 2. The fraction of sp³-hybridized carbons (Fsp3) is 0.250. The highest BCUT2D eigenvalue weighted by Crippen LogP contribution is 2.26. The Morgan fingerprint density at radius 1 is 1.40 bits per heavy atom. The van der Waals surface area contributed by atoms with Gasteiger partial charge in [0.15, 0.2) is 0 Å². The molecule has 0 spiro atoms. The second kappa shape index (κ2) is 4.33. The molecule has 0 aliphatic rings. The molecule has 0 amide bonds. The van der Waals surface area contributed by atoms with Gasteiger partial charge < -0.3 is 0 Å². The van der Waals surface area contributed by atoms with Crippen LogP contribution in [0.3, 0.4) is 0 Å². The van der Waals surface area contributed by atoms with Gasteiger partial charge in [-0.15, -0.1) is 11.3 Å². The lowest BCUT2D eigenvalue weighted by Crippen LogP contribution is -1.84. The standard InChI is InChI=1S/C12H12ClNS/c1-3-9-4-5-10(6-11(9)13)12-7-15-8(2)14-12/h4-7H,3H2,1-2H3. The van der Waals surface area contributed by atoms with Gasteiger partial charge in [-0.25, -0.2) is 4.98 Å². The zero-order valence-electron chi connectivity index (χ0n) is 8.75. The number of hydrogen-bond donors (Lipinski definition) is 0. The number of hydrogen-bond acceptors (Lipinski definition) is 2. The molecule has 0 saturated carbocycles. The molecule has 1 heterocycles. The summed E-state index contributed by atoms with van der Waals surface area (Å²) in [7, 11) is 0. The van der Waals surface area contributed by atoms with E-state index in [2.05, 4.69) is 29.4 Å². The first kappa shape index (κ1) is 10.7. The third kappa shape index (κ3) is 2.21. The minimum absolute atomic E-state index is 0.834. The van der Waals surface area contributed by atoms with Crippen LogP contribution >= 0.6 is 22.9 Å². The molecule has 78 valence electrons. The summed E-state index contributed by atoms with van der Waals surface area (Å²) in [6, 6.07) is 6.15. The van der Waals surface area contributed by atoms with Crippen molar-refractivity contribution in [3.63, 3.8) is 0 Å². The highest BCUT2D eigenvalue weighted by molar-refractivity contribution is 7.09. The molecule has 0 fully saturated rings. The zero-order chi connectivity index (χ0) is 10.8. The van der Waals surface area contributed by atoms with E-state index in [-0.39, 0.29) is 0 Å². The van der Waals surface area contributed by atoms with Crippen LogP contribution in [0.15, 0.2) is 23.6 Å². The van der Waals surface area contributed by atoms with Crippen LogP contribution < -0.4 is 0 Å². The zero-order valence-corrected chi connectivity index (χ0v) is 10.3. The van der Waals surface area contributed by atoms with Crippen LogP contribution in [0.4, 0.5) is 0 Å². The van der Waals surface area contributed by atoms with Gasteiger partial charge in [-0.1, -0.05) is 30.7 Å². The maximum absolute atomic E-state index is 6.16. The topological polar surface area (TPSA) is 12.9 Å². The Bertz CT molecular complexity index is 476. The molecule has 0 bridgehead atoms. The Hall–Kier alpha value is -0.860. The van der Waals surface area contributed by atoms with Crippen LogP contribution in [0.25, 0.3) is 11.3 Å². The van der Waals surface area contributed by atoms with Crippen molar-refractivity contribution in [2.75, 3.05) is 0 Å². The molecule has 3 heteroatoms. The Balaban J connectivity index is 2.42. The second-order valence-electron chi connectivity index (χ2n) is 3.41. The maximum Gasteiger partial charge on any atom is 0.0901 e. The van der Waals surface area contributed by atoms with Crippen molar-refractivity contribution in [3.8, 4) is 11.3 Å². The van der Waals surface area contributed by atoms with Gasteiger partial charge >= 0.3 is 0 Å². The molecule has 0 aliphatic carbocycles. The number of thiazole rings is 1. The Labute approximate surface area is 98.7 Å². The highest BCUT2D eigenvalue weighted by atomic mass is 35.5. The average Bonchev–Trinajstić information content (AvgIpc) is 2.65. The van der Waals surface area contributed by atoms with Gasteiger partial charge in [-0.2, -0.15) is 0 Å². The molecule has 1 aromatic carbocycles. The molecule has 0 aliphatic heterocycles. The van der Waals surface area contributed by atoms with Crippen LogP contribution in [0.5, 0.6) is 0 Å². The Morgan fingerprint density at radius 3 is 2.73 bits per heavy atom. The molecular weight excluding hydrogens is 226 g/mol. The third-order valence-electron chi connectivity index (χ3n) is 2.35.